The molecule has 0 amide bonds. The Labute approximate surface area is 167 Å². The van der Waals surface area contributed by atoms with Crippen LogP contribution in [0.2, 0.25) is 0 Å². The summed E-state index contributed by atoms with van der Waals surface area (Å²) >= 11 is 0. The zero-order valence-electron chi connectivity index (χ0n) is 17.0. The van der Waals surface area contributed by atoms with E-state index in [-0.39, 0.29) is 5.97 Å². The maximum absolute atomic E-state index is 11.7. The molecule has 3 nitrogen and oxygen atoms in total. The first-order valence-electron chi connectivity index (χ1n) is 10.1. The number of hydrogen-bond acceptors (Lipinski definition) is 2. The van der Waals surface area contributed by atoms with Crippen LogP contribution in [0.3, 0.4) is 0 Å². The number of unbranched alkanes of at least 4 members (excludes halogenated alkanes) is 1. The predicted octanol–water partition coefficient (Wildman–Crippen LogP) is 6.39. The topological polar surface area (TPSA) is 31.2 Å². The molecule has 1 unspecified atom stereocenters. The van der Waals surface area contributed by atoms with Crippen molar-refractivity contribution in [1.82, 2.24) is 4.57 Å². The summed E-state index contributed by atoms with van der Waals surface area (Å²) in [6.07, 6.45) is 7.25. The van der Waals surface area contributed by atoms with Gasteiger partial charge in [0.1, 0.15) is 0 Å². The lowest BCUT2D eigenvalue weighted by Gasteiger charge is -2.21. The first kappa shape index (κ1) is 19.9. The molecular weight excluding hydrogens is 346 g/mol. The largest absolute Gasteiger partial charge is 0.463 e. The van der Waals surface area contributed by atoms with Crippen molar-refractivity contribution in [3.05, 3.63) is 78.0 Å². The maximum atomic E-state index is 11.7. The summed E-state index contributed by atoms with van der Waals surface area (Å²) in [5, 5.41) is 1.19. The van der Waals surface area contributed by atoms with Crippen molar-refractivity contribution in [3.63, 3.8) is 0 Å². The Bertz CT molecular complexity index is 953. The fourth-order valence-electron chi connectivity index (χ4n) is 3.66. The molecule has 0 aliphatic carbocycles. The van der Waals surface area contributed by atoms with Crippen LogP contribution in [0.5, 0.6) is 0 Å². The van der Waals surface area contributed by atoms with Crippen LogP contribution in [0.25, 0.3) is 16.5 Å². The van der Waals surface area contributed by atoms with Gasteiger partial charge in [-0.25, -0.2) is 4.79 Å². The molecule has 0 aliphatic rings. The minimum atomic E-state index is -0.290. The van der Waals surface area contributed by atoms with Crippen molar-refractivity contribution >= 4 is 22.4 Å². The molecule has 1 heterocycles. The Hall–Kier alpha value is -2.81. The minimum absolute atomic E-state index is 0.290. The molecule has 146 valence electrons. The highest BCUT2D eigenvalue weighted by Gasteiger charge is 2.15. The molecule has 1 atom stereocenters. The highest BCUT2D eigenvalue weighted by molar-refractivity contribution is 5.93. The maximum Gasteiger partial charge on any atom is 0.331 e. The number of benzene rings is 2. The first-order valence-corrected chi connectivity index (χ1v) is 10.1. The summed E-state index contributed by atoms with van der Waals surface area (Å²) in [5.74, 6) is -0.290. The van der Waals surface area contributed by atoms with E-state index in [4.69, 9.17) is 4.74 Å². The smallest absolute Gasteiger partial charge is 0.331 e. The number of rotatable bonds is 8. The number of ether oxygens (including phenoxy) is 1. The lowest BCUT2D eigenvalue weighted by Crippen LogP contribution is -2.09. The van der Waals surface area contributed by atoms with Gasteiger partial charge in [-0.15, -0.1) is 0 Å². The van der Waals surface area contributed by atoms with E-state index in [1.165, 1.54) is 29.3 Å². The lowest BCUT2D eigenvalue weighted by atomic mass is 10.0. The number of aromatic nitrogens is 1. The third kappa shape index (κ3) is 4.53. The van der Waals surface area contributed by atoms with Crippen molar-refractivity contribution in [2.24, 2.45) is 0 Å². The van der Waals surface area contributed by atoms with E-state index in [0.717, 1.165) is 17.6 Å². The number of nitrogens with zero attached hydrogens (tertiary/aromatic N) is 1. The zero-order chi connectivity index (χ0) is 19.9. The molecule has 3 rings (SSSR count). The summed E-state index contributed by atoms with van der Waals surface area (Å²) in [4.78, 5) is 11.7. The van der Waals surface area contributed by atoms with Gasteiger partial charge in [-0.3, -0.25) is 0 Å². The Balaban J connectivity index is 1.95. The summed E-state index contributed by atoms with van der Waals surface area (Å²) in [6, 6.07) is 19.6. The fraction of sp³-hybridized carbons (Fsp3) is 0.320. The highest BCUT2D eigenvalue weighted by Crippen LogP contribution is 2.30. The summed E-state index contributed by atoms with van der Waals surface area (Å²) in [7, 11) is 0. The summed E-state index contributed by atoms with van der Waals surface area (Å²) < 4.78 is 7.41. The van der Waals surface area contributed by atoms with Gasteiger partial charge in [-0.1, -0.05) is 56.2 Å². The average molecular weight is 376 g/mol. The van der Waals surface area contributed by atoms with Crippen LogP contribution in [0.1, 0.15) is 57.2 Å². The van der Waals surface area contributed by atoms with E-state index in [0.29, 0.717) is 12.6 Å². The molecule has 0 radical (unpaired) electrons. The van der Waals surface area contributed by atoms with Crippen LogP contribution in [-0.2, 0) is 9.53 Å². The number of fused-ring (bicyclic) bond motifs is 1. The second kappa shape index (κ2) is 9.41. The van der Waals surface area contributed by atoms with E-state index in [9.17, 15) is 4.79 Å². The van der Waals surface area contributed by atoms with Crippen LogP contribution >= 0.6 is 0 Å². The van der Waals surface area contributed by atoms with E-state index in [1.54, 1.807) is 6.08 Å². The van der Waals surface area contributed by atoms with E-state index in [1.807, 2.05) is 13.8 Å². The number of carbonyl (C=O) groups is 1. The molecule has 0 bridgehead atoms. The fourth-order valence-corrected chi connectivity index (χ4v) is 3.66. The van der Waals surface area contributed by atoms with Gasteiger partial charge in [0, 0.05) is 23.2 Å². The van der Waals surface area contributed by atoms with E-state index >= 15 is 0 Å². The molecule has 0 fully saturated rings. The Kier molecular flexibility index (Phi) is 6.70. The van der Waals surface area contributed by atoms with Gasteiger partial charge in [0.25, 0.3) is 0 Å². The van der Waals surface area contributed by atoms with Gasteiger partial charge in [0.05, 0.1) is 12.6 Å². The monoisotopic (exact) mass is 375 g/mol. The third-order valence-corrected chi connectivity index (χ3v) is 5.15. The molecular formula is C25H29NO2. The molecule has 0 spiro atoms. The van der Waals surface area contributed by atoms with Crippen molar-refractivity contribution in [2.45, 2.75) is 46.1 Å². The van der Waals surface area contributed by atoms with Crippen molar-refractivity contribution in [2.75, 3.05) is 6.61 Å². The second-order valence-corrected chi connectivity index (χ2v) is 7.14. The summed E-state index contributed by atoms with van der Waals surface area (Å²) in [5.41, 5.74) is 4.52. The molecule has 3 aromatic rings. The molecule has 3 heteroatoms. The Morgan fingerprint density at radius 1 is 1.11 bits per heavy atom. The quantitative estimate of drug-likeness (QED) is 0.337. The van der Waals surface area contributed by atoms with Gasteiger partial charge < -0.3 is 9.30 Å². The normalized spacial score (nSPS) is 12.9. The van der Waals surface area contributed by atoms with Crippen LogP contribution < -0.4 is 0 Å². The van der Waals surface area contributed by atoms with Gasteiger partial charge in [-0.2, -0.15) is 0 Å². The number of hydrogen-bond donors (Lipinski definition) is 0. The molecule has 0 saturated heterocycles. The van der Waals surface area contributed by atoms with Gasteiger partial charge >= 0.3 is 5.97 Å². The predicted molar refractivity (Wildman–Crippen MR) is 116 cm³/mol. The molecule has 0 saturated carbocycles. The van der Waals surface area contributed by atoms with E-state index in [2.05, 4.69) is 72.3 Å². The Morgan fingerprint density at radius 3 is 2.61 bits per heavy atom. The van der Waals surface area contributed by atoms with Crippen LogP contribution in [0, 0.1) is 0 Å². The number of carbonyl (C=O) groups excluding carboxylic acids is 1. The molecule has 0 N–H and O–H groups in total. The van der Waals surface area contributed by atoms with Crippen molar-refractivity contribution in [3.8, 4) is 0 Å². The SMILES string of the molecule is CCCCC(c1ccccc1)n1ccc2cc(/C(C)=C/C(=O)OCC)ccc21. The zero-order valence-corrected chi connectivity index (χ0v) is 17.0. The minimum Gasteiger partial charge on any atom is -0.463 e. The molecule has 2 aromatic carbocycles. The van der Waals surface area contributed by atoms with Crippen LogP contribution in [0.15, 0.2) is 66.9 Å². The number of esters is 1. The molecule has 1 aromatic heterocycles. The third-order valence-electron chi connectivity index (χ3n) is 5.15. The lowest BCUT2D eigenvalue weighted by molar-refractivity contribution is -0.137. The van der Waals surface area contributed by atoms with Gasteiger partial charge in [-0.05, 0) is 55.2 Å². The highest BCUT2D eigenvalue weighted by atomic mass is 16.5. The van der Waals surface area contributed by atoms with Crippen molar-refractivity contribution < 1.29 is 9.53 Å². The Morgan fingerprint density at radius 2 is 1.89 bits per heavy atom. The summed E-state index contributed by atoms with van der Waals surface area (Å²) in [6.45, 7) is 6.39. The number of allylic oxidation sites excluding steroid dienone is 1. The van der Waals surface area contributed by atoms with Gasteiger partial charge in [0.2, 0.25) is 0 Å². The molecule has 0 aliphatic heterocycles. The first-order chi connectivity index (χ1) is 13.6. The van der Waals surface area contributed by atoms with Crippen molar-refractivity contribution in [1.29, 1.82) is 0 Å². The van der Waals surface area contributed by atoms with Gasteiger partial charge in [0.15, 0.2) is 0 Å². The average Bonchev–Trinajstić information content (AvgIpc) is 3.12. The standard InChI is InChI=1S/C25H29NO2/c1-4-6-12-23(20-10-8-7-9-11-20)26-16-15-22-18-21(13-14-24(22)26)19(3)17-25(27)28-5-2/h7-11,13-18,23H,4-6,12H2,1-3H3/b19-17+. The van der Waals surface area contributed by atoms with Crippen LogP contribution in [-0.4, -0.2) is 17.1 Å². The molecule has 28 heavy (non-hydrogen) atoms. The van der Waals surface area contributed by atoms with E-state index < -0.39 is 0 Å². The second-order valence-electron chi connectivity index (χ2n) is 7.14. The van der Waals surface area contributed by atoms with Crippen LogP contribution in [0.4, 0.5) is 0 Å².